The van der Waals surface area contributed by atoms with Gasteiger partial charge in [-0.05, 0) is 46.1 Å². The van der Waals surface area contributed by atoms with E-state index in [1.165, 1.54) is 6.92 Å². The van der Waals surface area contributed by atoms with Gasteiger partial charge < -0.3 is 45.8 Å². The van der Waals surface area contributed by atoms with Crippen LogP contribution >= 0.6 is 38.4 Å². The number of amides is 3. The summed E-state index contributed by atoms with van der Waals surface area (Å²) in [5.74, 6) is -1.03. The van der Waals surface area contributed by atoms with E-state index in [9.17, 15) is 48.2 Å². The Morgan fingerprint density at radius 3 is 1.91 bits per heavy atom. The van der Waals surface area contributed by atoms with Crippen molar-refractivity contribution in [1.82, 2.24) is 15.1 Å². The van der Waals surface area contributed by atoms with E-state index in [0.717, 1.165) is 0 Å². The topological polar surface area (TPSA) is 246 Å². The second-order valence-electron chi connectivity index (χ2n) is 11.2. The Balaban J connectivity index is 2.83. The highest BCUT2D eigenvalue weighted by Crippen LogP contribution is 2.69. The Bertz CT molecular complexity index is 1210. The molecular weight excluding hydrogens is 665 g/mol. The first-order chi connectivity index (χ1) is 20.0. The first-order valence-electron chi connectivity index (χ1n) is 13.5. The molecule has 0 spiro atoms. The second-order valence-corrected chi connectivity index (χ2v) is 16.0. The molecule has 44 heavy (non-hydrogen) atoms. The highest BCUT2D eigenvalue weighted by atomic mass is 35.5. The average Bonchev–Trinajstić information content (AvgIpc) is 2.88. The molecule has 252 valence electrons. The number of nitrogens with two attached hydrogens (primary N) is 1. The lowest BCUT2D eigenvalue weighted by Crippen LogP contribution is -2.58. The largest absolute Gasteiger partial charge is 0.521 e. The number of carbonyl (C=O) groups is 3. The van der Waals surface area contributed by atoms with Crippen molar-refractivity contribution in [2.45, 2.75) is 69.7 Å². The van der Waals surface area contributed by atoms with Gasteiger partial charge in [-0.1, -0.05) is 12.1 Å². The minimum Gasteiger partial charge on any atom is -0.414 e. The van der Waals surface area contributed by atoms with Crippen LogP contribution in [0.25, 0.3) is 0 Å². The van der Waals surface area contributed by atoms with E-state index in [4.69, 9.17) is 33.7 Å². The molecule has 0 fully saturated rings. The molecule has 0 saturated heterocycles. The predicted octanol–water partition coefficient (Wildman–Crippen LogP) is 1.68. The Morgan fingerprint density at radius 1 is 0.977 bits per heavy atom. The molecule has 2 atom stereocenters. The SMILES string of the molecule is C[C@H](NC(=O)[C@@H](N)Cc1ccc([N+](CCCl)(CCCl)C(=O)OC(C)(C)C)cc1)C(=O)NCCCC(O)(P(=O)(O)O)P(=O)(O)O. The Hall–Kier alpha value is -1.61. The van der Waals surface area contributed by atoms with Crippen molar-refractivity contribution >= 4 is 62.0 Å². The van der Waals surface area contributed by atoms with Crippen LogP contribution in [0, 0.1) is 0 Å². The summed E-state index contributed by atoms with van der Waals surface area (Å²) in [7, 11) is -11.2. The van der Waals surface area contributed by atoms with Gasteiger partial charge in [-0.3, -0.25) is 18.7 Å². The highest BCUT2D eigenvalue weighted by Gasteiger charge is 2.58. The number of nitrogens with one attached hydrogen (secondary N) is 2. The molecule has 19 heteroatoms. The smallest absolute Gasteiger partial charge is 0.414 e. The average molecular weight is 708 g/mol. The number of aliphatic hydroxyl groups is 1. The van der Waals surface area contributed by atoms with Crippen molar-refractivity contribution in [2.24, 2.45) is 5.73 Å². The van der Waals surface area contributed by atoms with Crippen LogP contribution in [0.5, 0.6) is 0 Å². The van der Waals surface area contributed by atoms with Crippen molar-refractivity contribution in [2.75, 3.05) is 31.4 Å². The van der Waals surface area contributed by atoms with Crippen molar-refractivity contribution in [3.8, 4) is 0 Å². The third-order valence-corrected chi connectivity index (χ3v) is 10.8. The zero-order valence-corrected chi connectivity index (χ0v) is 28.3. The number of hydrogen-bond donors (Lipinski definition) is 8. The fraction of sp³-hybridized carbons (Fsp3) is 0.640. The van der Waals surface area contributed by atoms with Gasteiger partial charge in [-0.25, -0.2) is 0 Å². The number of carbonyl (C=O) groups excluding carboxylic acids is 3. The summed E-state index contributed by atoms with van der Waals surface area (Å²) < 4.78 is 28.2. The van der Waals surface area contributed by atoms with Gasteiger partial charge in [0.1, 0.15) is 30.4 Å². The molecule has 0 radical (unpaired) electrons. The molecular formula is C25H43Cl2N4O11P2+. The summed E-state index contributed by atoms with van der Waals surface area (Å²) in [6.45, 7) is 6.79. The summed E-state index contributed by atoms with van der Waals surface area (Å²) in [4.78, 5) is 74.9. The van der Waals surface area contributed by atoms with Gasteiger partial charge in [-0.2, -0.15) is 9.28 Å². The van der Waals surface area contributed by atoms with Crippen LogP contribution in [0.4, 0.5) is 10.5 Å². The van der Waals surface area contributed by atoms with Gasteiger partial charge in [-0.15, -0.1) is 23.2 Å². The summed E-state index contributed by atoms with van der Waals surface area (Å²) in [6, 6.07) is 4.67. The molecule has 0 heterocycles. The zero-order valence-electron chi connectivity index (χ0n) is 25.0. The Kier molecular flexibility index (Phi) is 15.0. The number of halogens is 2. The van der Waals surface area contributed by atoms with E-state index in [1.54, 1.807) is 45.0 Å². The van der Waals surface area contributed by atoms with E-state index < -0.39 is 68.7 Å². The second kappa shape index (κ2) is 16.3. The lowest BCUT2D eigenvalue weighted by atomic mass is 10.0. The quantitative estimate of drug-likeness (QED) is 0.0529. The third-order valence-electron chi connectivity index (χ3n) is 6.57. The molecule has 0 aliphatic carbocycles. The van der Waals surface area contributed by atoms with Crippen LogP contribution in [-0.2, 0) is 29.9 Å². The van der Waals surface area contributed by atoms with Gasteiger partial charge in [0, 0.05) is 25.1 Å². The lowest BCUT2D eigenvalue weighted by Gasteiger charge is -2.35. The fourth-order valence-electron chi connectivity index (χ4n) is 4.10. The first kappa shape index (κ1) is 40.4. The van der Waals surface area contributed by atoms with Crippen LogP contribution in [0.1, 0.15) is 46.1 Å². The number of nitrogens with zero attached hydrogens (tertiary/aromatic N) is 1. The van der Waals surface area contributed by atoms with Crippen molar-refractivity contribution in [3.05, 3.63) is 29.8 Å². The van der Waals surface area contributed by atoms with E-state index in [2.05, 4.69) is 10.6 Å². The summed E-state index contributed by atoms with van der Waals surface area (Å²) in [5.41, 5.74) is 6.57. The van der Waals surface area contributed by atoms with Crippen molar-refractivity contribution in [3.63, 3.8) is 0 Å². The molecule has 0 aliphatic heterocycles. The maximum absolute atomic E-state index is 13.2. The number of ether oxygens (including phenoxy) is 1. The fourth-order valence-corrected chi connectivity index (χ4v) is 6.93. The molecule has 0 aliphatic rings. The van der Waals surface area contributed by atoms with Crippen LogP contribution in [0.3, 0.4) is 0 Å². The van der Waals surface area contributed by atoms with Gasteiger partial charge in [0.2, 0.25) is 11.8 Å². The van der Waals surface area contributed by atoms with E-state index in [-0.39, 0.29) is 42.3 Å². The molecule has 1 rings (SSSR count). The van der Waals surface area contributed by atoms with Gasteiger partial charge in [0.05, 0.1) is 17.8 Å². The maximum Gasteiger partial charge on any atom is 0.521 e. The molecule has 15 nitrogen and oxygen atoms in total. The van der Waals surface area contributed by atoms with Gasteiger partial charge >= 0.3 is 21.3 Å². The Morgan fingerprint density at radius 2 is 1.48 bits per heavy atom. The Labute approximate surface area is 266 Å². The molecule has 1 aromatic carbocycles. The highest BCUT2D eigenvalue weighted by molar-refractivity contribution is 7.72. The number of quaternary nitrogens is 1. The number of hydrogen-bond acceptors (Lipinski definition) is 8. The van der Waals surface area contributed by atoms with E-state index in [1.807, 2.05) is 0 Å². The van der Waals surface area contributed by atoms with Gasteiger partial charge in [0.15, 0.2) is 0 Å². The molecule has 0 saturated carbocycles. The van der Waals surface area contributed by atoms with Crippen LogP contribution in [-0.4, -0.2) is 96.8 Å². The maximum atomic E-state index is 13.2. The minimum atomic E-state index is -5.60. The number of rotatable bonds is 16. The van der Waals surface area contributed by atoms with Crippen LogP contribution in [0.15, 0.2) is 24.3 Å². The molecule has 3 amide bonds. The van der Waals surface area contributed by atoms with E-state index in [0.29, 0.717) is 11.3 Å². The zero-order chi connectivity index (χ0) is 34.1. The molecule has 9 N–H and O–H groups in total. The summed E-state index contributed by atoms with van der Waals surface area (Å²) >= 11 is 12.1. The van der Waals surface area contributed by atoms with Crippen LogP contribution < -0.4 is 20.9 Å². The van der Waals surface area contributed by atoms with Gasteiger partial charge in [0.25, 0.3) is 5.08 Å². The monoisotopic (exact) mass is 707 g/mol. The third kappa shape index (κ3) is 11.0. The van der Waals surface area contributed by atoms with E-state index >= 15 is 0 Å². The minimum absolute atomic E-state index is 0.0846. The summed E-state index contributed by atoms with van der Waals surface area (Å²) in [5, 5.41) is 11.1. The predicted molar refractivity (Wildman–Crippen MR) is 166 cm³/mol. The molecule has 0 aromatic heterocycles. The number of benzene rings is 1. The normalized spacial score (nSPS) is 14.5. The summed E-state index contributed by atoms with van der Waals surface area (Å²) in [6.07, 6.45) is -1.81. The molecule has 0 unspecified atom stereocenters. The number of alkyl halides is 2. The standard InChI is InChI=1S/C25H42Cl2N4O11P2/c1-17(21(32)29-13-5-10-25(35,43(36,37)38)44(39,40)41)30-22(33)20(28)16-18-6-8-19(9-7-18)31(14-11-26,15-12-27)23(34)42-24(2,3)4/h6-9,17,20,35H,5,10-16,28H2,1-4H3,(H5-,29,30,32,33,36,37,38,39,40,41)/p+1/t17-,20-/m0/s1. The molecule has 1 aromatic rings. The van der Waals surface area contributed by atoms with Crippen molar-refractivity contribution in [1.29, 1.82) is 0 Å². The first-order valence-corrected chi connectivity index (χ1v) is 17.8. The molecule has 0 bridgehead atoms. The lowest BCUT2D eigenvalue weighted by molar-refractivity contribution is -0.129. The van der Waals surface area contributed by atoms with Crippen LogP contribution in [0.2, 0.25) is 0 Å². The van der Waals surface area contributed by atoms with Crippen molar-refractivity contribution < 1.29 is 52.9 Å².